The summed E-state index contributed by atoms with van der Waals surface area (Å²) >= 11 is 0. The van der Waals surface area contributed by atoms with Crippen molar-refractivity contribution in [3.63, 3.8) is 0 Å². The van der Waals surface area contributed by atoms with E-state index in [4.69, 9.17) is 9.47 Å². The molecule has 0 aliphatic heterocycles. The van der Waals surface area contributed by atoms with Gasteiger partial charge in [0.05, 0.1) is 29.8 Å². The van der Waals surface area contributed by atoms with E-state index in [1.54, 1.807) is 37.8 Å². The Morgan fingerprint density at radius 1 is 1.11 bits per heavy atom. The zero-order valence-electron chi connectivity index (χ0n) is 18.0. The molecule has 5 aromatic rings. The molecule has 0 atom stereocenters. The third-order valence-corrected chi connectivity index (χ3v) is 4.82. The van der Waals surface area contributed by atoms with Gasteiger partial charge in [0.15, 0.2) is 5.65 Å². The van der Waals surface area contributed by atoms with Gasteiger partial charge < -0.3 is 14.8 Å². The molecule has 0 saturated carbocycles. The zero-order valence-corrected chi connectivity index (χ0v) is 18.0. The van der Waals surface area contributed by atoms with Gasteiger partial charge in [0.25, 0.3) is 5.91 Å². The second kappa shape index (κ2) is 9.13. The Kier molecular flexibility index (Phi) is 5.71. The van der Waals surface area contributed by atoms with E-state index >= 15 is 0 Å². The van der Waals surface area contributed by atoms with Gasteiger partial charge in [0.1, 0.15) is 28.5 Å². The molecule has 11 nitrogen and oxygen atoms in total. The molecule has 0 aliphatic rings. The number of hydrogen-bond donors (Lipinski definition) is 1. The molecule has 0 bridgehead atoms. The minimum absolute atomic E-state index is 0.146. The van der Waals surface area contributed by atoms with Crippen molar-refractivity contribution in [1.29, 1.82) is 0 Å². The number of aromatic nitrogens is 7. The number of benzene rings is 1. The summed E-state index contributed by atoms with van der Waals surface area (Å²) in [6.45, 7) is -3.07. The number of aryl methyl sites for hydroxylation is 1. The Hall–Kier alpha value is -4.94. The Labute approximate surface area is 196 Å². The van der Waals surface area contributed by atoms with Crippen LogP contribution in [-0.2, 0) is 7.05 Å². The second-order valence-corrected chi connectivity index (χ2v) is 7.18. The van der Waals surface area contributed by atoms with E-state index in [-0.39, 0.29) is 28.3 Å². The van der Waals surface area contributed by atoms with Gasteiger partial charge in [-0.2, -0.15) is 29.2 Å². The maximum absolute atomic E-state index is 13.1. The molecule has 0 fully saturated rings. The van der Waals surface area contributed by atoms with Gasteiger partial charge >= 0.3 is 6.61 Å². The van der Waals surface area contributed by atoms with Crippen LogP contribution < -0.4 is 14.8 Å². The lowest BCUT2D eigenvalue weighted by molar-refractivity contribution is -0.0494. The summed E-state index contributed by atoms with van der Waals surface area (Å²) in [7, 11) is 1.63. The Balaban J connectivity index is 1.52. The van der Waals surface area contributed by atoms with Crippen molar-refractivity contribution < 1.29 is 23.0 Å². The summed E-state index contributed by atoms with van der Waals surface area (Å²) in [6, 6.07) is 7.55. The van der Waals surface area contributed by atoms with Gasteiger partial charge in [-0.1, -0.05) is 0 Å². The van der Waals surface area contributed by atoms with Crippen LogP contribution >= 0.6 is 0 Å². The molecule has 1 N–H and O–H groups in total. The molecule has 4 heterocycles. The smallest absolute Gasteiger partial charge is 0.387 e. The zero-order chi connectivity index (χ0) is 24.4. The molecule has 0 saturated heterocycles. The summed E-state index contributed by atoms with van der Waals surface area (Å²) in [5.41, 5.74) is 1.22. The minimum Gasteiger partial charge on any atom is -0.456 e. The fourth-order valence-electron chi connectivity index (χ4n) is 3.39. The van der Waals surface area contributed by atoms with E-state index in [0.717, 1.165) is 0 Å². The van der Waals surface area contributed by atoms with E-state index in [1.165, 1.54) is 46.0 Å². The van der Waals surface area contributed by atoms with Crippen LogP contribution in [0.4, 0.5) is 14.5 Å². The predicted octanol–water partition coefficient (Wildman–Crippen LogP) is 3.57. The monoisotopic (exact) mass is 478 g/mol. The summed E-state index contributed by atoms with van der Waals surface area (Å²) in [5, 5.41) is 18.6. The molecule has 4 aromatic heterocycles. The van der Waals surface area contributed by atoms with Crippen LogP contribution in [0.5, 0.6) is 17.2 Å². The molecule has 35 heavy (non-hydrogen) atoms. The van der Waals surface area contributed by atoms with Gasteiger partial charge in [-0.25, -0.2) is 9.50 Å². The van der Waals surface area contributed by atoms with Crippen molar-refractivity contribution in [2.75, 3.05) is 5.32 Å². The number of hydrogen-bond acceptors (Lipinski definition) is 8. The normalized spacial score (nSPS) is 11.1. The maximum Gasteiger partial charge on any atom is 0.387 e. The van der Waals surface area contributed by atoms with Crippen molar-refractivity contribution in [1.82, 2.24) is 34.6 Å². The van der Waals surface area contributed by atoms with Gasteiger partial charge in [-0.3, -0.25) is 9.48 Å². The van der Waals surface area contributed by atoms with Crippen LogP contribution in [0.3, 0.4) is 0 Å². The number of rotatable bonds is 7. The van der Waals surface area contributed by atoms with Crippen LogP contribution in [0.2, 0.25) is 0 Å². The number of nitrogens with one attached hydrogen (secondary N) is 1. The fraction of sp³-hybridized carbons (Fsp3) is 0.0909. The topological polar surface area (TPSA) is 121 Å². The summed E-state index contributed by atoms with van der Waals surface area (Å²) in [4.78, 5) is 17.2. The Bertz CT molecular complexity index is 1500. The average molecular weight is 478 g/mol. The molecule has 1 amide bonds. The van der Waals surface area contributed by atoms with E-state index in [1.807, 2.05) is 0 Å². The molecular formula is C22H16F2N8O3. The number of carbonyl (C=O) groups is 1. The van der Waals surface area contributed by atoms with Crippen LogP contribution in [0.1, 0.15) is 10.4 Å². The van der Waals surface area contributed by atoms with E-state index in [9.17, 15) is 13.6 Å². The molecule has 13 heteroatoms. The van der Waals surface area contributed by atoms with Crippen LogP contribution in [0.15, 0.2) is 67.5 Å². The van der Waals surface area contributed by atoms with Gasteiger partial charge in [-0.05, 0) is 24.3 Å². The first-order chi connectivity index (χ1) is 17.0. The van der Waals surface area contributed by atoms with E-state index in [2.05, 4.69) is 30.7 Å². The number of carbonyl (C=O) groups excluding carboxylic acids is 1. The first kappa shape index (κ1) is 21.9. The largest absolute Gasteiger partial charge is 0.456 e. The Morgan fingerprint density at radius 3 is 2.80 bits per heavy atom. The van der Waals surface area contributed by atoms with Crippen LogP contribution in [0.25, 0.3) is 16.9 Å². The number of halogens is 2. The first-order valence-electron chi connectivity index (χ1n) is 10.1. The molecule has 5 rings (SSSR count). The quantitative estimate of drug-likeness (QED) is 0.377. The highest BCUT2D eigenvalue weighted by Crippen LogP contribution is 2.38. The summed E-state index contributed by atoms with van der Waals surface area (Å²) < 4.78 is 39.6. The van der Waals surface area contributed by atoms with Gasteiger partial charge in [0.2, 0.25) is 0 Å². The number of amides is 1. The SMILES string of the molecule is Cn1cc(NC(=O)c2cnn3cccnc23)c(-c2cc(Oc3ccnnc3)ccc2OC(F)F)n1. The van der Waals surface area contributed by atoms with Crippen molar-refractivity contribution in [3.05, 3.63) is 73.1 Å². The third-order valence-electron chi connectivity index (χ3n) is 4.82. The van der Waals surface area contributed by atoms with Crippen molar-refractivity contribution in [2.24, 2.45) is 7.05 Å². The predicted molar refractivity (Wildman–Crippen MR) is 118 cm³/mol. The third kappa shape index (κ3) is 4.59. The Morgan fingerprint density at radius 2 is 2.00 bits per heavy atom. The van der Waals surface area contributed by atoms with Crippen molar-refractivity contribution in [3.8, 4) is 28.5 Å². The number of anilines is 1. The highest BCUT2D eigenvalue weighted by atomic mass is 19.3. The number of ether oxygens (including phenoxy) is 2. The molecule has 0 unspecified atom stereocenters. The van der Waals surface area contributed by atoms with Gasteiger partial charge in [-0.15, -0.1) is 0 Å². The standard InChI is InChI=1S/C22H16F2N8O3/c1-31-12-17(29-21(33)16-11-28-32-8-2-6-25-20(16)32)19(30-31)15-9-13(3-4-18(15)35-22(23)24)34-14-5-7-26-27-10-14/h2-12,22H,1H3,(H,29,33). The minimum atomic E-state index is -3.07. The number of alkyl halides is 2. The molecular weight excluding hydrogens is 462 g/mol. The van der Waals surface area contributed by atoms with E-state index < -0.39 is 12.5 Å². The molecule has 0 aliphatic carbocycles. The highest BCUT2D eigenvalue weighted by Gasteiger charge is 2.22. The summed E-state index contributed by atoms with van der Waals surface area (Å²) in [6.07, 6.45) is 8.98. The molecule has 0 radical (unpaired) electrons. The lowest BCUT2D eigenvalue weighted by atomic mass is 10.1. The van der Waals surface area contributed by atoms with Crippen molar-refractivity contribution in [2.45, 2.75) is 6.61 Å². The van der Waals surface area contributed by atoms with Crippen LogP contribution in [-0.4, -0.2) is 47.1 Å². The van der Waals surface area contributed by atoms with E-state index in [0.29, 0.717) is 17.1 Å². The fourth-order valence-corrected chi connectivity index (χ4v) is 3.39. The van der Waals surface area contributed by atoms with Gasteiger partial charge in [0, 0.05) is 31.7 Å². The second-order valence-electron chi connectivity index (χ2n) is 7.18. The van der Waals surface area contributed by atoms with Crippen molar-refractivity contribution >= 4 is 17.2 Å². The lowest BCUT2D eigenvalue weighted by Crippen LogP contribution is -2.12. The highest BCUT2D eigenvalue weighted by molar-refractivity contribution is 6.09. The summed E-state index contributed by atoms with van der Waals surface area (Å²) in [5.74, 6) is 0.0552. The average Bonchev–Trinajstić information content (AvgIpc) is 3.43. The number of nitrogens with zero attached hydrogens (tertiary/aromatic N) is 7. The van der Waals surface area contributed by atoms with Crippen LogP contribution in [0, 0.1) is 0 Å². The lowest BCUT2D eigenvalue weighted by Gasteiger charge is -2.13. The first-order valence-corrected chi connectivity index (χ1v) is 10.1. The maximum atomic E-state index is 13.1. The molecule has 176 valence electrons. The number of fused-ring (bicyclic) bond motifs is 1. The molecule has 1 aromatic carbocycles. The molecule has 0 spiro atoms.